The molecule has 0 unspecified atom stereocenters. The van der Waals surface area contributed by atoms with Crippen molar-refractivity contribution in [1.29, 1.82) is 0 Å². The maximum atomic E-state index is 11.7. The topological polar surface area (TPSA) is 75.6 Å². The summed E-state index contributed by atoms with van der Waals surface area (Å²) in [4.78, 5) is 15.7. The van der Waals surface area contributed by atoms with Crippen LogP contribution < -0.4 is 5.32 Å². The van der Waals surface area contributed by atoms with Gasteiger partial charge in [0.1, 0.15) is 0 Å². The Morgan fingerprint density at radius 1 is 1.45 bits per heavy atom. The number of hydrogen-bond donors (Lipinski definition) is 2. The molecule has 3 rings (SSSR count). The average molecular weight is 289 g/mol. The summed E-state index contributed by atoms with van der Waals surface area (Å²) >= 11 is 5.22. The molecule has 0 radical (unpaired) electrons. The molecule has 2 N–H and O–H groups in total. The van der Waals surface area contributed by atoms with Gasteiger partial charge < -0.3 is 5.32 Å². The first-order chi connectivity index (χ1) is 9.74. The van der Waals surface area contributed by atoms with Crippen LogP contribution in [-0.2, 0) is 11.3 Å². The molecule has 7 heteroatoms. The first kappa shape index (κ1) is 13.0. The van der Waals surface area contributed by atoms with Gasteiger partial charge >= 0.3 is 0 Å². The Hall–Kier alpha value is -2.02. The minimum atomic E-state index is 0.0660. The van der Waals surface area contributed by atoms with Crippen LogP contribution in [0.2, 0.25) is 0 Å². The monoisotopic (exact) mass is 289 g/mol. The third-order valence-electron chi connectivity index (χ3n) is 3.20. The van der Waals surface area contributed by atoms with Gasteiger partial charge in [-0.1, -0.05) is 0 Å². The summed E-state index contributed by atoms with van der Waals surface area (Å²) in [5, 5.41) is 9.97. The molecule has 1 amide bonds. The van der Waals surface area contributed by atoms with Crippen LogP contribution in [0.4, 0.5) is 0 Å². The number of aromatic amines is 1. The zero-order valence-corrected chi connectivity index (χ0v) is 11.7. The number of nitrogens with zero attached hydrogens (tertiary/aromatic N) is 3. The van der Waals surface area contributed by atoms with Gasteiger partial charge in [0, 0.05) is 37.0 Å². The summed E-state index contributed by atoms with van der Waals surface area (Å²) in [6, 6.07) is 4.12. The molecule has 2 aromatic rings. The van der Waals surface area contributed by atoms with E-state index in [0.717, 1.165) is 24.2 Å². The van der Waals surface area contributed by atoms with Crippen molar-refractivity contribution in [2.24, 2.45) is 0 Å². The van der Waals surface area contributed by atoms with Crippen molar-refractivity contribution < 1.29 is 4.79 Å². The molecule has 0 saturated heterocycles. The zero-order valence-electron chi connectivity index (χ0n) is 10.9. The highest BCUT2D eigenvalue weighted by molar-refractivity contribution is 7.71. The molecule has 1 fully saturated rings. The molecule has 0 atom stereocenters. The van der Waals surface area contributed by atoms with Crippen LogP contribution in [0.3, 0.4) is 0 Å². The molecule has 6 nitrogen and oxygen atoms in total. The molecule has 2 heterocycles. The Bertz CT molecular complexity index is 659. The summed E-state index contributed by atoms with van der Waals surface area (Å²) in [5.41, 5.74) is 0.926. The fraction of sp³-hybridized carbons (Fsp3) is 0.385. The number of hydrogen-bond acceptors (Lipinski definition) is 4. The van der Waals surface area contributed by atoms with E-state index in [1.54, 1.807) is 12.4 Å². The molecule has 1 aliphatic carbocycles. The van der Waals surface area contributed by atoms with Crippen LogP contribution in [0.25, 0.3) is 11.4 Å². The van der Waals surface area contributed by atoms with Crippen LogP contribution in [0, 0.1) is 4.77 Å². The fourth-order valence-electron chi connectivity index (χ4n) is 1.99. The smallest absolute Gasteiger partial charge is 0.222 e. The fourth-order valence-corrected chi connectivity index (χ4v) is 2.21. The van der Waals surface area contributed by atoms with Gasteiger partial charge in [0.2, 0.25) is 5.91 Å². The maximum Gasteiger partial charge on any atom is 0.222 e. The summed E-state index contributed by atoms with van der Waals surface area (Å²) in [6.07, 6.45) is 6.01. The Morgan fingerprint density at radius 2 is 2.20 bits per heavy atom. The Balaban J connectivity index is 1.74. The van der Waals surface area contributed by atoms with E-state index in [1.165, 1.54) is 0 Å². The van der Waals surface area contributed by atoms with E-state index in [1.807, 2.05) is 16.7 Å². The van der Waals surface area contributed by atoms with Crippen molar-refractivity contribution in [3.8, 4) is 11.4 Å². The molecular formula is C13H15N5OS. The SMILES string of the molecule is O=C(CCn1c(-c2ccncc2)n[nH]c1=S)NC1CC1. The molecule has 0 spiro atoms. The predicted octanol–water partition coefficient (Wildman–Crippen LogP) is 1.67. The zero-order chi connectivity index (χ0) is 13.9. The first-order valence-electron chi connectivity index (χ1n) is 6.59. The second-order valence-corrected chi connectivity index (χ2v) is 5.22. The minimum Gasteiger partial charge on any atom is -0.353 e. The number of amides is 1. The quantitative estimate of drug-likeness (QED) is 0.821. The minimum absolute atomic E-state index is 0.0660. The number of carbonyl (C=O) groups is 1. The molecule has 104 valence electrons. The van der Waals surface area contributed by atoms with Crippen LogP contribution in [-0.4, -0.2) is 31.7 Å². The normalized spacial score (nSPS) is 14.2. The van der Waals surface area contributed by atoms with Crippen LogP contribution >= 0.6 is 12.2 Å². The van der Waals surface area contributed by atoms with Gasteiger partial charge in [-0.15, -0.1) is 0 Å². The number of nitrogens with one attached hydrogen (secondary N) is 2. The van der Waals surface area contributed by atoms with Gasteiger partial charge in [0.25, 0.3) is 0 Å². The Morgan fingerprint density at radius 3 is 2.90 bits per heavy atom. The lowest BCUT2D eigenvalue weighted by Crippen LogP contribution is -2.26. The van der Waals surface area contributed by atoms with Crippen molar-refractivity contribution in [2.45, 2.75) is 31.8 Å². The molecule has 1 saturated carbocycles. The maximum absolute atomic E-state index is 11.7. The summed E-state index contributed by atoms with van der Waals surface area (Å²) in [5.74, 6) is 0.799. The van der Waals surface area contributed by atoms with Gasteiger partial charge in [-0.3, -0.25) is 19.4 Å². The van der Waals surface area contributed by atoms with E-state index in [9.17, 15) is 4.79 Å². The highest BCUT2D eigenvalue weighted by Gasteiger charge is 2.23. The second kappa shape index (κ2) is 5.54. The molecule has 0 aliphatic heterocycles. The Kier molecular flexibility index (Phi) is 3.60. The van der Waals surface area contributed by atoms with E-state index >= 15 is 0 Å². The standard InChI is InChI=1S/C13H15N5OS/c19-11(15-10-1-2-10)5-8-18-12(16-17-13(18)20)9-3-6-14-7-4-9/h3-4,6-7,10H,1-2,5,8H2,(H,15,19)(H,17,20). The molecule has 0 aromatic carbocycles. The lowest BCUT2D eigenvalue weighted by molar-refractivity contribution is -0.121. The summed E-state index contributed by atoms with van der Waals surface area (Å²) in [6.45, 7) is 0.519. The largest absolute Gasteiger partial charge is 0.353 e. The lowest BCUT2D eigenvalue weighted by Gasteiger charge is -2.07. The third-order valence-corrected chi connectivity index (χ3v) is 3.51. The number of H-pyrrole nitrogens is 1. The van der Waals surface area contributed by atoms with E-state index in [-0.39, 0.29) is 5.91 Å². The van der Waals surface area contributed by atoms with Gasteiger partial charge in [0.05, 0.1) is 0 Å². The van der Waals surface area contributed by atoms with E-state index in [0.29, 0.717) is 23.8 Å². The van der Waals surface area contributed by atoms with Gasteiger partial charge in [-0.25, -0.2) is 0 Å². The number of pyridine rings is 1. The molecule has 2 aromatic heterocycles. The van der Waals surface area contributed by atoms with Gasteiger partial charge in [-0.05, 0) is 37.2 Å². The van der Waals surface area contributed by atoms with Crippen LogP contribution in [0.1, 0.15) is 19.3 Å². The number of carbonyl (C=O) groups excluding carboxylic acids is 1. The number of rotatable bonds is 5. The van der Waals surface area contributed by atoms with Gasteiger partial charge in [-0.2, -0.15) is 5.10 Å². The summed E-state index contributed by atoms with van der Waals surface area (Å²) in [7, 11) is 0. The highest BCUT2D eigenvalue weighted by Crippen LogP contribution is 2.19. The van der Waals surface area contributed by atoms with Crippen molar-refractivity contribution in [1.82, 2.24) is 25.1 Å². The van der Waals surface area contributed by atoms with E-state index < -0.39 is 0 Å². The Labute approximate surface area is 121 Å². The molecule has 0 bridgehead atoms. The van der Waals surface area contributed by atoms with Crippen molar-refractivity contribution in [3.63, 3.8) is 0 Å². The van der Waals surface area contributed by atoms with Crippen LogP contribution in [0.5, 0.6) is 0 Å². The number of aromatic nitrogens is 4. The van der Waals surface area contributed by atoms with Crippen molar-refractivity contribution >= 4 is 18.1 Å². The summed E-state index contributed by atoms with van der Waals surface area (Å²) < 4.78 is 2.37. The average Bonchev–Trinajstić information content (AvgIpc) is 3.19. The molecule has 1 aliphatic rings. The predicted molar refractivity (Wildman–Crippen MR) is 76.4 cm³/mol. The van der Waals surface area contributed by atoms with Crippen LogP contribution in [0.15, 0.2) is 24.5 Å². The first-order valence-corrected chi connectivity index (χ1v) is 7.00. The van der Waals surface area contributed by atoms with Crippen molar-refractivity contribution in [2.75, 3.05) is 0 Å². The second-order valence-electron chi connectivity index (χ2n) is 4.83. The van der Waals surface area contributed by atoms with E-state index in [4.69, 9.17) is 12.2 Å². The van der Waals surface area contributed by atoms with Gasteiger partial charge in [0.15, 0.2) is 10.6 Å². The lowest BCUT2D eigenvalue weighted by atomic mass is 10.2. The third kappa shape index (κ3) is 2.93. The highest BCUT2D eigenvalue weighted by atomic mass is 32.1. The van der Waals surface area contributed by atoms with Crippen molar-refractivity contribution in [3.05, 3.63) is 29.3 Å². The molecular weight excluding hydrogens is 274 g/mol. The molecule has 20 heavy (non-hydrogen) atoms. The van der Waals surface area contributed by atoms with E-state index in [2.05, 4.69) is 20.5 Å².